The van der Waals surface area contributed by atoms with Crippen molar-refractivity contribution in [2.24, 2.45) is 5.92 Å². The third kappa shape index (κ3) is 3.79. The number of hydrogen-bond acceptors (Lipinski definition) is 3. The van der Waals surface area contributed by atoms with Crippen LogP contribution in [0.1, 0.15) is 32.4 Å². The molecule has 0 radical (unpaired) electrons. The van der Waals surface area contributed by atoms with E-state index < -0.39 is 12.0 Å². The van der Waals surface area contributed by atoms with Crippen molar-refractivity contribution < 1.29 is 14.3 Å². The Morgan fingerprint density at radius 3 is 1.42 bits per heavy atom. The summed E-state index contributed by atoms with van der Waals surface area (Å²) in [7, 11) is 1.53. The number of carbonyl (C=O) groups is 2. The largest absolute Gasteiger partial charge is 0.376 e. The minimum Gasteiger partial charge on any atom is -0.376 e. The van der Waals surface area contributed by atoms with Crippen molar-refractivity contribution in [2.45, 2.75) is 6.10 Å². The number of Topliss-reactive ketones (excluding diaryl/α,β-unsaturated/α-hetero) is 2. The number of ether oxygens (including phenoxy) is 1. The maximum absolute atomic E-state index is 13.2. The number of benzene rings is 3. The lowest BCUT2D eigenvalue weighted by Gasteiger charge is -2.24. The van der Waals surface area contributed by atoms with E-state index in [0.717, 1.165) is 5.56 Å². The van der Waals surface area contributed by atoms with Gasteiger partial charge >= 0.3 is 0 Å². The maximum atomic E-state index is 13.2. The van der Waals surface area contributed by atoms with Gasteiger partial charge in [0.2, 0.25) is 0 Å². The van der Waals surface area contributed by atoms with Crippen LogP contribution in [0.25, 0.3) is 0 Å². The summed E-state index contributed by atoms with van der Waals surface area (Å²) in [5, 5.41) is 0. The molecule has 3 heteroatoms. The molecule has 0 aromatic heterocycles. The highest BCUT2D eigenvalue weighted by Gasteiger charge is 2.37. The van der Waals surface area contributed by atoms with Gasteiger partial charge < -0.3 is 4.74 Å². The van der Waals surface area contributed by atoms with E-state index in [1.54, 1.807) is 48.5 Å². The predicted octanol–water partition coefficient (Wildman–Crippen LogP) is 4.76. The fourth-order valence-corrected chi connectivity index (χ4v) is 3.07. The summed E-state index contributed by atoms with van der Waals surface area (Å²) in [4.78, 5) is 26.5. The predicted molar refractivity (Wildman–Crippen MR) is 101 cm³/mol. The lowest BCUT2D eigenvalue weighted by molar-refractivity contribution is 0.0395. The molecule has 3 nitrogen and oxygen atoms in total. The average Bonchev–Trinajstić information content (AvgIpc) is 2.73. The van der Waals surface area contributed by atoms with E-state index in [4.69, 9.17) is 4.74 Å². The van der Waals surface area contributed by atoms with Crippen LogP contribution in [0.3, 0.4) is 0 Å². The molecule has 0 amide bonds. The molecule has 1 unspecified atom stereocenters. The van der Waals surface area contributed by atoms with Crippen LogP contribution in [-0.2, 0) is 4.74 Å². The number of carbonyl (C=O) groups excluding carboxylic acids is 2. The molecule has 0 fully saturated rings. The molecule has 0 saturated heterocycles. The first-order chi connectivity index (χ1) is 12.7. The van der Waals surface area contributed by atoms with Crippen LogP contribution in [0.5, 0.6) is 0 Å². The van der Waals surface area contributed by atoms with Gasteiger partial charge in [0.25, 0.3) is 0 Å². The monoisotopic (exact) mass is 344 g/mol. The second-order valence-corrected chi connectivity index (χ2v) is 6.01. The summed E-state index contributed by atoms with van der Waals surface area (Å²) in [6.07, 6.45) is -0.656. The van der Waals surface area contributed by atoms with Crippen LogP contribution in [0.2, 0.25) is 0 Å². The maximum Gasteiger partial charge on any atom is 0.176 e. The Morgan fingerprint density at radius 1 is 0.654 bits per heavy atom. The van der Waals surface area contributed by atoms with Gasteiger partial charge in [0.05, 0.1) is 6.10 Å². The molecule has 1 atom stereocenters. The molecule has 3 rings (SSSR count). The SMILES string of the molecule is COC(c1ccccc1)C(C(=O)c1ccccc1)C(=O)c1ccccc1. The summed E-state index contributed by atoms with van der Waals surface area (Å²) >= 11 is 0. The van der Waals surface area contributed by atoms with Crippen molar-refractivity contribution in [3.63, 3.8) is 0 Å². The molecule has 3 aromatic rings. The van der Waals surface area contributed by atoms with Gasteiger partial charge in [-0.15, -0.1) is 0 Å². The lowest BCUT2D eigenvalue weighted by Crippen LogP contribution is -2.31. The molecule has 0 aliphatic heterocycles. The van der Waals surface area contributed by atoms with Crippen molar-refractivity contribution in [3.05, 3.63) is 108 Å². The van der Waals surface area contributed by atoms with E-state index in [1.807, 2.05) is 42.5 Å². The summed E-state index contributed by atoms with van der Waals surface area (Å²) in [6.45, 7) is 0. The second-order valence-electron chi connectivity index (χ2n) is 6.01. The summed E-state index contributed by atoms with van der Waals surface area (Å²) < 4.78 is 5.64. The van der Waals surface area contributed by atoms with E-state index in [1.165, 1.54) is 7.11 Å². The molecule has 0 heterocycles. The zero-order valence-corrected chi connectivity index (χ0v) is 14.5. The zero-order valence-electron chi connectivity index (χ0n) is 14.5. The average molecular weight is 344 g/mol. The van der Waals surface area contributed by atoms with Gasteiger partial charge in [-0.3, -0.25) is 9.59 Å². The van der Waals surface area contributed by atoms with Gasteiger partial charge in [0.1, 0.15) is 5.92 Å². The molecule has 0 aliphatic carbocycles. The van der Waals surface area contributed by atoms with E-state index in [9.17, 15) is 9.59 Å². The van der Waals surface area contributed by atoms with Crippen molar-refractivity contribution >= 4 is 11.6 Å². The smallest absolute Gasteiger partial charge is 0.176 e. The summed E-state index contributed by atoms with van der Waals surface area (Å²) in [6, 6.07) is 27.2. The first kappa shape index (κ1) is 17.8. The zero-order chi connectivity index (χ0) is 18.4. The van der Waals surface area contributed by atoms with Crippen molar-refractivity contribution in [3.8, 4) is 0 Å². The van der Waals surface area contributed by atoms with Gasteiger partial charge in [-0.25, -0.2) is 0 Å². The molecular formula is C23H20O3. The Kier molecular flexibility index (Phi) is 5.72. The molecular weight excluding hydrogens is 324 g/mol. The molecule has 0 spiro atoms. The molecule has 26 heavy (non-hydrogen) atoms. The molecule has 0 N–H and O–H groups in total. The molecule has 0 bridgehead atoms. The highest BCUT2D eigenvalue weighted by Crippen LogP contribution is 2.31. The highest BCUT2D eigenvalue weighted by atomic mass is 16.5. The number of hydrogen-bond donors (Lipinski definition) is 0. The fraction of sp³-hybridized carbons (Fsp3) is 0.130. The second kappa shape index (κ2) is 8.37. The van der Waals surface area contributed by atoms with Crippen molar-refractivity contribution in [1.82, 2.24) is 0 Å². The quantitative estimate of drug-likeness (QED) is 0.459. The first-order valence-corrected chi connectivity index (χ1v) is 8.48. The van der Waals surface area contributed by atoms with E-state index in [2.05, 4.69) is 0 Å². The normalized spacial score (nSPS) is 11.9. The van der Waals surface area contributed by atoms with Crippen molar-refractivity contribution in [1.29, 1.82) is 0 Å². The van der Waals surface area contributed by atoms with Gasteiger partial charge in [-0.1, -0.05) is 91.0 Å². The molecule has 130 valence electrons. The van der Waals surface area contributed by atoms with Crippen LogP contribution in [-0.4, -0.2) is 18.7 Å². The third-order valence-corrected chi connectivity index (χ3v) is 4.37. The van der Waals surface area contributed by atoms with Gasteiger partial charge in [0.15, 0.2) is 11.6 Å². The Labute approximate surface area is 153 Å². The highest BCUT2D eigenvalue weighted by molar-refractivity contribution is 6.16. The Hall–Kier alpha value is -3.04. The van der Waals surface area contributed by atoms with Crippen LogP contribution in [0.15, 0.2) is 91.0 Å². The number of ketones is 2. The van der Waals surface area contributed by atoms with Crippen LogP contribution >= 0.6 is 0 Å². The topological polar surface area (TPSA) is 43.4 Å². The van der Waals surface area contributed by atoms with Crippen LogP contribution in [0.4, 0.5) is 0 Å². The van der Waals surface area contributed by atoms with E-state index in [0.29, 0.717) is 11.1 Å². The molecule has 0 aliphatic rings. The van der Waals surface area contributed by atoms with Crippen LogP contribution < -0.4 is 0 Å². The lowest BCUT2D eigenvalue weighted by atomic mass is 9.83. The summed E-state index contributed by atoms with van der Waals surface area (Å²) in [5.41, 5.74) is 1.80. The number of rotatable bonds is 7. The van der Waals surface area contributed by atoms with Gasteiger partial charge in [0, 0.05) is 18.2 Å². The minimum atomic E-state index is -0.952. The van der Waals surface area contributed by atoms with Gasteiger partial charge in [-0.2, -0.15) is 0 Å². The Balaban J connectivity index is 2.06. The Bertz CT molecular complexity index is 806. The molecule has 3 aromatic carbocycles. The van der Waals surface area contributed by atoms with E-state index >= 15 is 0 Å². The first-order valence-electron chi connectivity index (χ1n) is 8.48. The summed E-state index contributed by atoms with van der Waals surface area (Å²) in [5.74, 6) is -1.43. The third-order valence-electron chi connectivity index (χ3n) is 4.37. The minimum absolute atomic E-state index is 0.241. The van der Waals surface area contributed by atoms with Gasteiger partial charge in [-0.05, 0) is 5.56 Å². The fourth-order valence-electron chi connectivity index (χ4n) is 3.07. The standard InChI is InChI=1S/C23H20O3/c1-26-23(19-15-9-4-10-16-19)20(21(24)17-11-5-2-6-12-17)22(25)18-13-7-3-8-14-18/h2-16,20,23H,1H3. The Morgan fingerprint density at radius 2 is 1.04 bits per heavy atom. The van der Waals surface area contributed by atoms with E-state index in [-0.39, 0.29) is 11.6 Å². The van der Waals surface area contributed by atoms with Crippen LogP contribution in [0, 0.1) is 5.92 Å². The molecule has 0 saturated carbocycles. The van der Waals surface area contributed by atoms with Crippen molar-refractivity contribution in [2.75, 3.05) is 7.11 Å². The number of methoxy groups -OCH3 is 1.